The van der Waals surface area contributed by atoms with Crippen LogP contribution in [0.15, 0.2) is 30.5 Å². The lowest BCUT2D eigenvalue weighted by atomic mass is 9.95. The van der Waals surface area contributed by atoms with Gasteiger partial charge in [-0.05, 0) is 18.2 Å². The zero-order chi connectivity index (χ0) is 13.9. The average molecular weight is 289 g/mol. The third-order valence-electron chi connectivity index (χ3n) is 3.93. The van der Waals surface area contributed by atoms with Crippen LogP contribution < -0.4 is 5.32 Å². The summed E-state index contributed by atoms with van der Waals surface area (Å²) >= 11 is 6.08. The lowest BCUT2D eigenvalue weighted by molar-refractivity contribution is 0.0929. The molecule has 20 heavy (non-hydrogen) atoms. The van der Waals surface area contributed by atoms with Crippen molar-refractivity contribution >= 4 is 28.3 Å². The molecule has 4 heteroatoms. The van der Waals surface area contributed by atoms with Crippen LogP contribution in [0.25, 0.3) is 10.8 Å². The van der Waals surface area contributed by atoms with Gasteiger partial charge in [0.05, 0.1) is 5.56 Å². The summed E-state index contributed by atoms with van der Waals surface area (Å²) in [5.41, 5.74) is 0.607. The number of pyridine rings is 1. The number of carbonyl (C=O) groups excluding carboxylic acids is 1. The van der Waals surface area contributed by atoms with Gasteiger partial charge in [-0.3, -0.25) is 4.79 Å². The molecule has 3 rings (SSSR count). The van der Waals surface area contributed by atoms with Crippen molar-refractivity contribution < 1.29 is 4.79 Å². The highest BCUT2D eigenvalue weighted by atomic mass is 35.5. The number of amides is 1. The molecule has 1 aromatic heterocycles. The predicted molar refractivity (Wildman–Crippen MR) is 81.1 cm³/mol. The zero-order valence-electron chi connectivity index (χ0n) is 11.2. The van der Waals surface area contributed by atoms with Crippen molar-refractivity contribution in [3.8, 4) is 0 Å². The summed E-state index contributed by atoms with van der Waals surface area (Å²) in [5, 5.41) is 5.25. The Hall–Kier alpha value is -1.61. The van der Waals surface area contributed by atoms with Crippen LogP contribution in [0.2, 0.25) is 5.15 Å². The molecule has 1 aliphatic carbocycles. The van der Waals surface area contributed by atoms with Gasteiger partial charge in [0.1, 0.15) is 5.15 Å². The number of carbonyl (C=O) groups is 1. The van der Waals surface area contributed by atoms with Gasteiger partial charge in [-0.25, -0.2) is 4.98 Å². The molecule has 1 saturated carbocycles. The smallest absolute Gasteiger partial charge is 0.253 e. The van der Waals surface area contributed by atoms with E-state index in [-0.39, 0.29) is 5.91 Å². The molecule has 0 radical (unpaired) electrons. The van der Waals surface area contributed by atoms with E-state index in [9.17, 15) is 4.79 Å². The van der Waals surface area contributed by atoms with Gasteiger partial charge in [-0.1, -0.05) is 55.1 Å². The number of nitrogens with zero attached hydrogens (tertiary/aromatic N) is 1. The molecule has 0 unspecified atom stereocenters. The summed E-state index contributed by atoms with van der Waals surface area (Å²) < 4.78 is 0. The van der Waals surface area contributed by atoms with Gasteiger partial charge in [0, 0.05) is 17.6 Å². The zero-order valence-corrected chi connectivity index (χ0v) is 12.0. The van der Waals surface area contributed by atoms with Crippen LogP contribution in [-0.2, 0) is 0 Å². The lowest BCUT2D eigenvalue weighted by Gasteiger charge is -2.23. The van der Waals surface area contributed by atoms with Gasteiger partial charge < -0.3 is 5.32 Å². The van der Waals surface area contributed by atoms with E-state index in [1.165, 1.54) is 19.3 Å². The van der Waals surface area contributed by atoms with Gasteiger partial charge >= 0.3 is 0 Å². The van der Waals surface area contributed by atoms with Crippen LogP contribution in [0, 0.1) is 0 Å². The molecule has 104 valence electrons. The first-order chi connectivity index (χ1) is 9.75. The summed E-state index contributed by atoms with van der Waals surface area (Å²) in [6, 6.07) is 7.92. The van der Waals surface area contributed by atoms with Crippen molar-refractivity contribution in [3.63, 3.8) is 0 Å². The normalized spacial score (nSPS) is 16.2. The van der Waals surface area contributed by atoms with Gasteiger partial charge in [0.25, 0.3) is 5.91 Å². The molecule has 0 aliphatic heterocycles. The van der Waals surface area contributed by atoms with Crippen LogP contribution >= 0.6 is 11.6 Å². The fourth-order valence-corrected chi connectivity index (χ4v) is 3.06. The Kier molecular flexibility index (Phi) is 3.88. The fourth-order valence-electron chi connectivity index (χ4n) is 2.85. The molecule has 2 aromatic rings. The van der Waals surface area contributed by atoms with Crippen molar-refractivity contribution in [2.75, 3.05) is 0 Å². The highest BCUT2D eigenvalue weighted by molar-refractivity contribution is 6.34. The standard InChI is InChI=1S/C16H17ClN2O/c17-15-13-9-5-4-8-12(13)14(10-18-15)16(20)19-11-6-2-1-3-7-11/h4-5,8-11H,1-3,6-7H2,(H,19,20). The number of halogens is 1. The number of hydrogen-bond acceptors (Lipinski definition) is 2. The third kappa shape index (κ3) is 2.63. The molecular weight excluding hydrogens is 272 g/mol. The largest absolute Gasteiger partial charge is 0.349 e. The molecule has 1 amide bonds. The second-order valence-corrected chi connectivity index (χ2v) is 5.67. The Bertz CT molecular complexity index is 635. The SMILES string of the molecule is O=C(NC1CCCCC1)c1cnc(Cl)c2ccccc12. The summed E-state index contributed by atoms with van der Waals surface area (Å²) in [6.07, 6.45) is 7.39. The number of fused-ring (bicyclic) bond motifs is 1. The predicted octanol–water partition coefficient (Wildman–Crippen LogP) is 3.95. The fraction of sp³-hybridized carbons (Fsp3) is 0.375. The van der Waals surface area contributed by atoms with Gasteiger partial charge in [-0.15, -0.1) is 0 Å². The Morgan fingerprint density at radius 1 is 1.15 bits per heavy atom. The molecular formula is C16H17ClN2O. The third-order valence-corrected chi connectivity index (χ3v) is 4.23. The van der Waals surface area contributed by atoms with E-state index in [0.717, 1.165) is 23.6 Å². The summed E-state index contributed by atoms with van der Waals surface area (Å²) in [6.45, 7) is 0. The van der Waals surface area contributed by atoms with E-state index in [0.29, 0.717) is 16.8 Å². The Labute approximate surface area is 123 Å². The molecule has 1 aromatic carbocycles. The minimum Gasteiger partial charge on any atom is -0.349 e. The maximum atomic E-state index is 12.4. The topological polar surface area (TPSA) is 42.0 Å². The van der Waals surface area contributed by atoms with Gasteiger partial charge in [0.2, 0.25) is 0 Å². The molecule has 1 heterocycles. The van der Waals surface area contributed by atoms with Crippen LogP contribution in [0.5, 0.6) is 0 Å². The van der Waals surface area contributed by atoms with Crippen LogP contribution in [0.3, 0.4) is 0 Å². The highest BCUT2D eigenvalue weighted by Crippen LogP contribution is 2.25. The maximum absolute atomic E-state index is 12.4. The molecule has 1 aliphatic rings. The second kappa shape index (κ2) is 5.80. The summed E-state index contributed by atoms with van der Waals surface area (Å²) in [4.78, 5) is 16.6. The highest BCUT2D eigenvalue weighted by Gasteiger charge is 2.18. The Morgan fingerprint density at radius 2 is 1.85 bits per heavy atom. The van der Waals surface area contributed by atoms with Crippen molar-refractivity contribution in [1.82, 2.24) is 10.3 Å². The number of hydrogen-bond donors (Lipinski definition) is 1. The van der Waals surface area contributed by atoms with Crippen molar-refractivity contribution in [3.05, 3.63) is 41.2 Å². The van der Waals surface area contributed by atoms with Crippen LogP contribution in [0.1, 0.15) is 42.5 Å². The Morgan fingerprint density at radius 3 is 2.60 bits per heavy atom. The average Bonchev–Trinajstić information content (AvgIpc) is 2.49. The first-order valence-corrected chi connectivity index (χ1v) is 7.47. The minimum atomic E-state index is -0.0442. The molecule has 0 saturated heterocycles. The first-order valence-electron chi connectivity index (χ1n) is 7.10. The van der Waals surface area contributed by atoms with E-state index < -0.39 is 0 Å². The molecule has 0 spiro atoms. The second-order valence-electron chi connectivity index (χ2n) is 5.32. The molecule has 3 nitrogen and oxygen atoms in total. The van der Waals surface area contributed by atoms with E-state index in [1.54, 1.807) is 6.20 Å². The number of benzene rings is 1. The quantitative estimate of drug-likeness (QED) is 0.850. The molecule has 1 N–H and O–H groups in total. The van der Waals surface area contributed by atoms with Crippen molar-refractivity contribution in [2.24, 2.45) is 0 Å². The van der Waals surface area contributed by atoms with Crippen molar-refractivity contribution in [1.29, 1.82) is 0 Å². The molecule has 1 fully saturated rings. The van der Waals surface area contributed by atoms with Gasteiger partial charge in [0.15, 0.2) is 0 Å². The monoisotopic (exact) mass is 288 g/mol. The lowest BCUT2D eigenvalue weighted by Crippen LogP contribution is -2.36. The van der Waals surface area contributed by atoms with E-state index >= 15 is 0 Å². The van der Waals surface area contributed by atoms with E-state index in [1.807, 2.05) is 24.3 Å². The maximum Gasteiger partial charge on any atom is 0.253 e. The van der Waals surface area contributed by atoms with E-state index in [2.05, 4.69) is 10.3 Å². The van der Waals surface area contributed by atoms with Crippen LogP contribution in [-0.4, -0.2) is 16.9 Å². The van der Waals surface area contributed by atoms with E-state index in [4.69, 9.17) is 11.6 Å². The number of rotatable bonds is 2. The summed E-state index contributed by atoms with van der Waals surface area (Å²) in [5.74, 6) is -0.0442. The van der Waals surface area contributed by atoms with Crippen LogP contribution in [0.4, 0.5) is 0 Å². The number of nitrogens with one attached hydrogen (secondary N) is 1. The molecule has 0 bridgehead atoms. The minimum absolute atomic E-state index is 0.0442. The van der Waals surface area contributed by atoms with Gasteiger partial charge in [-0.2, -0.15) is 0 Å². The first kappa shape index (κ1) is 13.4. The summed E-state index contributed by atoms with van der Waals surface area (Å²) in [7, 11) is 0. The number of aromatic nitrogens is 1. The Balaban J connectivity index is 1.89. The van der Waals surface area contributed by atoms with Crippen molar-refractivity contribution in [2.45, 2.75) is 38.1 Å². The molecule has 0 atom stereocenters.